The van der Waals surface area contributed by atoms with E-state index in [2.05, 4.69) is 20.1 Å². The molecule has 1 aliphatic heterocycles. The summed E-state index contributed by atoms with van der Waals surface area (Å²) in [5.74, 6) is -2.54. The van der Waals surface area contributed by atoms with Crippen LogP contribution in [0.25, 0.3) is 6.08 Å². The lowest BCUT2D eigenvalue weighted by atomic mass is 10.1. The number of thioether (sulfide) groups is 1. The van der Waals surface area contributed by atoms with Crippen LogP contribution in [0.3, 0.4) is 0 Å². The number of methoxy groups -OCH3 is 1. The van der Waals surface area contributed by atoms with Crippen molar-refractivity contribution in [3.63, 3.8) is 0 Å². The van der Waals surface area contributed by atoms with Crippen LogP contribution in [0.2, 0.25) is 0 Å². The number of rotatable bonds is 4. The van der Waals surface area contributed by atoms with E-state index in [1.807, 2.05) is 6.08 Å². The number of esters is 1. The molecule has 28 heavy (non-hydrogen) atoms. The maximum absolute atomic E-state index is 11.3. The van der Waals surface area contributed by atoms with Crippen LogP contribution < -0.4 is 5.32 Å². The van der Waals surface area contributed by atoms with Gasteiger partial charge in [0.25, 0.3) is 0 Å². The van der Waals surface area contributed by atoms with E-state index >= 15 is 0 Å². The van der Waals surface area contributed by atoms with Gasteiger partial charge in [0, 0.05) is 18.7 Å². The number of hydrogen-bond donors (Lipinski definition) is 2. The first-order valence-corrected chi connectivity index (χ1v) is 8.75. The number of carboxylic acid groups (broad SMARTS) is 1. The largest absolute Gasteiger partial charge is 0.490 e. The Morgan fingerprint density at radius 2 is 2.11 bits per heavy atom. The number of aromatic nitrogens is 3. The smallest absolute Gasteiger partial charge is 0.475 e. The topological polar surface area (TPSA) is 123 Å². The Kier molecular flexibility index (Phi) is 9.12. The highest BCUT2D eigenvalue weighted by atomic mass is 32.2. The molecule has 2 heterocycles. The number of alkyl halides is 3. The van der Waals surface area contributed by atoms with Crippen LogP contribution in [0.4, 0.5) is 13.2 Å². The Balaban J connectivity index is 0.000000480. The van der Waals surface area contributed by atoms with Crippen molar-refractivity contribution in [2.45, 2.75) is 31.3 Å². The Labute approximate surface area is 162 Å². The minimum Gasteiger partial charge on any atom is -0.475 e. The standard InChI is InChI=1S/C13H18N4O3S.C2HF3O2/c1-9(18)21-11-3-4-14-6-10(11)5-12-15-8-16-17(12)7-13(19)20-2;3-2(4,5)1(6)7/h5,8,11,14H,3-4,6-7H2,1-2H3;(H,6,7)/b10-5+;. The Hall–Kier alpha value is -2.41. The summed E-state index contributed by atoms with van der Waals surface area (Å²) in [5, 5.41) is 14.7. The molecular weight excluding hydrogens is 405 g/mol. The van der Waals surface area contributed by atoms with Crippen molar-refractivity contribution in [3.05, 3.63) is 17.7 Å². The molecule has 1 fully saturated rings. The van der Waals surface area contributed by atoms with Gasteiger partial charge in [-0.2, -0.15) is 18.3 Å². The van der Waals surface area contributed by atoms with Crippen molar-refractivity contribution in [1.82, 2.24) is 20.1 Å². The van der Waals surface area contributed by atoms with Gasteiger partial charge in [-0.3, -0.25) is 9.59 Å². The lowest BCUT2D eigenvalue weighted by Gasteiger charge is -2.24. The lowest BCUT2D eigenvalue weighted by molar-refractivity contribution is -0.192. The van der Waals surface area contributed by atoms with E-state index in [1.54, 1.807) is 6.92 Å². The quantitative estimate of drug-likeness (QED) is 0.684. The van der Waals surface area contributed by atoms with Gasteiger partial charge in [-0.25, -0.2) is 14.5 Å². The molecule has 0 amide bonds. The zero-order valence-electron chi connectivity index (χ0n) is 15.0. The van der Waals surface area contributed by atoms with Crippen molar-refractivity contribution < 1.29 is 37.4 Å². The maximum Gasteiger partial charge on any atom is 0.490 e. The SMILES string of the molecule is COC(=O)Cn1ncnc1/C=C1\CNCCC1SC(C)=O.O=C(O)C(F)(F)F. The molecule has 1 atom stereocenters. The Morgan fingerprint density at radius 1 is 1.46 bits per heavy atom. The second-order valence-corrected chi connectivity index (χ2v) is 6.82. The van der Waals surface area contributed by atoms with Gasteiger partial charge in [0.15, 0.2) is 10.9 Å². The lowest BCUT2D eigenvalue weighted by Crippen LogP contribution is -2.32. The van der Waals surface area contributed by atoms with Crippen molar-refractivity contribution in [2.24, 2.45) is 0 Å². The number of carbonyl (C=O) groups is 3. The summed E-state index contributed by atoms with van der Waals surface area (Å²) in [6, 6.07) is 0. The van der Waals surface area contributed by atoms with Crippen LogP contribution in [-0.4, -0.2) is 68.6 Å². The number of aliphatic carboxylic acids is 1. The zero-order valence-corrected chi connectivity index (χ0v) is 15.8. The van der Waals surface area contributed by atoms with Crippen molar-refractivity contribution in [3.8, 4) is 0 Å². The average Bonchev–Trinajstić information content (AvgIpc) is 3.02. The summed E-state index contributed by atoms with van der Waals surface area (Å²) in [6.45, 7) is 3.19. The molecule has 1 saturated heterocycles. The van der Waals surface area contributed by atoms with Crippen LogP contribution in [0.5, 0.6) is 0 Å². The van der Waals surface area contributed by atoms with E-state index in [0.717, 1.165) is 18.5 Å². The van der Waals surface area contributed by atoms with Crippen LogP contribution in [0.15, 0.2) is 11.9 Å². The minimum absolute atomic E-state index is 0.0214. The molecule has 0 spiro atoms. The predicted molar refractivity (Wildman–Crippen MR) is 93.3 cm³/mol. The van der Waals surface area contributed by atoms with Gasteiger partial charge >= 0.3 is 18.1 Å². The summed E-state index contributed by atoms with van der Waals surface area (Å²) < 4.78 is 37.9. The molecule has 1 aromatic rings. The molecule has 0 aliphatic carbocycles. The van der Waals surface area contributed by atoms with Crippen LogP contribution in [0.1, 0.15) is 19.2 Å². The molecule has 2 N–H and O–H groups in total. The third kappa shape index (κ3) is 8.08. The summed E-state index contributed by atoms with van der Waals surface area (Å²) in [5.41, 5.74) is 1.08. The molecule has 13 heteroatoms. The zero-order chi connectivity index (χ0) is 21.3. The van der Waals surface area contributed by atoms with Gasteiger partial charge in [-0.05, 0) is 24.6 Å². The van der Waals surface area contributed by atoms with Crippen molar-refractivity contribution in [1.29, 1.82) is 0 Å². The van der Waals surface area contributed by atoms with Crippen LogP contribution >= 0.6 is 11.8 Å². The molecule has 9 nitrogen and oxygen atoms in total. The molecule has 0 saturated carbocycles. The first kappa shape index (κ1) is 23.6. The molecule has 1 aromatic heterocycles. The molecule has 0 bridgehead atoms. The van der Waals surface area contributed by atoms with E-state index < -0.39 is 12.1 Å². The fraction of sp³-hybridized carbons (Fsp3) is 0.533. The van der Waals surface area contributed by atoms with E-state index in [1.165, 1.54) is 29.9 Å². The van der Waals surface area contributed by atoms with E-state index in [0.29, 0.717) is 12.4 Å². The summed E-state index contributed by atoms with van der Waals surface area (Å²) in [6.07, 6.45) is -0.900. The summed E-state index contributed by atoms with van der Waals surface area (Å²) >= 11 is 1.33. The van der Waals surface area contributed by atoms with Gasteiger partial charge in [0.05, 0.1) is 7.11 Å². The highest BCUT2D eigenvalue weighted by molar-refractivity contribution is 8.14. The number of halogens is 3. The number of hydrogen-bond acceptors (Lipinski definition) is 8. The summed E-state index contributed by atoms with van der Waals surface area (Å²) in [7, 11) is 1.34. The molecule has 156 valence electrons. The molecule has 1 unspecified atom stereocenters. The first-order chi connectivity index (χ1) is 13.0. The monoisotopic (exact) mass is 424 g/mol. The Bertz CT molecular complexity index is 736. The Morgan fingerprint density at radius 3 is 2.64 bits per heavy atom. The van der Waals surface area contributed by atoms with Gasteiger partial charge in [-0.1, -0.05) is 11.8 Å². The second-order valence-electron chi connectivity index (χ2n) is 5.44. The van der Waals surface area contributed by atoms with E-state index in [9.17, 15) is 22.8 Å². The van der Waals surface area contributed by atoms with Gasteiger partial charge in [-0.15, -0.1) is 0 Å². The highest BCUT2D eigenvalue weighted by Gasteiger charge is 2.38. The predicted octanol–water partition coefficient (Wildman–Crippen LogP) is 1.11. The fourth-order valence-corrected chi connectivity index (χ4v) is 3.04. The molecule has 0 aromatic carbocycles. The minimum atomic E-state index is -5.08. The molecule has 0 radical (unpaired) electrons. The number of nitrogens with one attached hydrogen (secondary N) is 1. The third-order valence-corrected chi connectivity index (χ3v) is 4.50. The third-order valence-electron chi connectivity index (χ3n) is 3.34. The molecule has 1 aliphatic rings. The van der Waals surface area contributed by atoms with Gasteiger partial charge < -0.3 is 15.2 Å². The van der Waals surface area contributed by atoms with E-state index in [-0.39, 0.29) is 22.9 Å². The number of piperidine rings is 1. The number of ether oxygens (including phenoxy) is 1. The van der Waals surface area contributed by atoms with Crippen LogP contribution in [0, 0.1) is 0 Å². The highest BCUT2D eigenvalue weighted by Crippen LogP contribution is 2.26. The molecular formula is C15H19F3N4O5S. The van der Waals surface area contributed by atoms with E-state index in [4.69, 9.17) is 9.90 Å². The van der Waals surface area contributed by atoms with Crippen molar-refractivity contribution in [2.75, 3.05) is 20.2 Å². The number of carboxylic acids is 1. The van der Waals surface area contributed by atoms with Crippen molar-refractivity contribution >= 4 is 34.9 Å². The van der Waals surface area contributed by atoms with Gasteiger partial charge in [0.2, 0.25) is 0 Å². The van der Waals surface area contributed by atoms with Gasteiger partial charge in [0.1, 0.15) is 12.9 Å². The number of nitrogens with zero attached hydrogens (tertiary/aromatic N) is 3. The second kappa shape index (κ2) is 10.8. The van der Waals surface area contributed by atoms with Crippen LogP contribution in [-0.2, 0) is 25.7 Å². The average molecular weight is 424 g/mol. The molecule has 2 rings (SSSR count). The normalized spacial score (nSPS) is 18.2. The maximum atomic E-state index is 11.3. The number of carbonyl (C=O) groups excluding carboxylic acids is 2. The first-order valence-electron chi connectivity index (χ1n) is 7.87. The fourth-order valence-electron chi connectivity index (χ4n) is 2.10. The summed E-state index contributed by atoms with van der Waals surface area (Å²) in [4.78, 5) is 35.7.